The second-order valence-electron chi connectivity index (χ2n) is 28.7. The fourth-order valence-corrected chi connectivity index (χ4v) is 14.3. The van der Waals surface area contributed by atoms with Gasteiger partial charge in [0.15, 0.2) is 18.7 Å². The van der Waals surface area contributed by atoms with Gasteiger partial charge in [-0.2, -0.15) is 0 Å². The first-order valence-electron chi connectivity index (χ1n) is 39.2. The number of carbonyl (C=O) groups excluding carboxylic acids is 3. The maximum Gasteiger partial charge on any atom is 0.472 e. The van der Waals surface area contributed by atoms with Crippen LogP contribution in [0.4, 0.5) is 0 Å². The van der Waals surface area contributed by atoms with E-state index in [2.05, 4.69) is 27.7 Å². The van der Waals surface area contributed by atoms with Crippen molar-refractivity contribution in [2.24, 2.45) is 5.92 Å². The van der Waals surface area contributed by atoms with Gasteiger partial charge in [0.25, 0.3) is 0 Å². The van der Waals surface area contributed by atoms with Crippen LogP contribution in [0.2, 0.25) is 0 Å². The van der Waals surface area contributed by atoms with Gasteiger partial charge in [-0.1, -0.05) is 278 Å². The summed E-state index contributed by atoms with van der Waals surface area (Å²) in [4.78, 5) is 51.1. The number of rotatable bonds is 61. The molecule has 3 rings (SSSR count). The Balaban J connectivity index is 1.71. The third-order valence-corrected chi connectivity index (χ3v) is 20.8. The average Bonchev–Trinajstić information content (AvgIpc) is 0.762. The van der Waals surface area contributed by atoms with Crippen LogP contribution in [0.3, 0.4) is 0 Å². The topological polar surface area (TPSA) is 374 Å². The summed E-state index contributed by atoms with van der Waals surface area (Å²) >= 11 is 0. The number of carbonyl (C=O) groups is 3. The molecule has 2 heterocycles. The molecule has 0 bridgehead atoms. The summed E-state index contributed by atoms with van der Waals surface area (Å²) in [5.74, 6) is -1.28. The van der Waals surface area contributed by atoms with Gasteiger partial charge >= 0.3 is 25.7 Å². The molecule has 19 unspecified atom stereocenters. The van der Waals surface area contributed by atoms with Crippen molar-refractivity contribution in [1.82, 2.24) is 0 Å². The summed E-state index contributed by atoms with van der Waals surface area (Å²) in [6.07, 6.45) is 11.7. The SMILES string of the molecule is CCCCCCCCCCCCCCCCCCCC(=O)OC(COC(=O)CCCCCCCCCCCCC)COP(=O)(O)OC1C(OC2OC(CO)C(O)C(O)C2O)C(O)C(O)C(O)C1OC1OC(COC(=O)CCCCCCCCC(C)CCCCCCCC)C(O)C(O)C1O. The quantitative estimate of drug-likeness (QED) is 0.0117. The lowest BCUT2D eigenvalue weighted by Gasteiger charge is -2.49. The van der Waals surface area contributed by atoms with Crippen LogP contribution in [0.1, 0.15) is 317 Å². The second-order valence-corrected chi connectivity index (χ2v) is 30.1. The fourth-order valence-electron chi connectivity index (χ4n) is 13.3. The van der Waals surface area contributed by atoms with Crippen LogP contribution in [-0.4, -0.2) is 204 Å². The second kappa shape index (κ2) is 55.4. The van der Waals surface area contributed by atoms with Crippen molar-refractivity contribution in [3.05, 3.63) is 0 Å². The van der Waals surface area contributed by atoms with Crippen molar-refractivity contribution in [2.45, 2.75) is 421 Å². The molecular formula is C74H139O24P. The van der Waals surface area contributed by atoms with Crippen LogP contribution in [0.15, 0.2) is 0 Å². The van der Waals surface area contributed by atoms with Crippen LogP contribution in [-0.2, 0) is 61.2 Å². The number of phosphoric ester groups is 1. The van der Waals surface area contributed by atoms with Gasteiger partial charge in [0.2, 0.25) is 0 Å². The van der Waals surface area contributed by atoms with E-state index in [1.165, 1.54) is 154 Å². The van der Waals surface area contributed by atoms with Gasteiger partial charge in [0.1, 0.15) is 98.7 Å². The number of hydrogen-bond acceptors (Lipinski definition) is 23. The van der Waals surface area contributed by atoms with Crippen LogP contribution >= 0.6 is 7.82 Å². The van der Waals surface area contributed by atoms with Crippen molar-refractivity contribution >= 4 is 25.7 Å². The van der Waals surface area contributed by atoms with E-state index in [1.807, 2.05) is 0 Å². The maximum atomic E-state index is 14.3. The molecule has 99 heavy (non-hydrogen) atoms. The van der Waals surface area contributed by atoms with E-state index in [-0.39, 0.29) is 19.3 Å². The fraction of sp³-hybridized carbons (Fsp3) is 0.959. The minimum Gasteiger partial charge on any atom is -0.463 e. The number of aliphatic hydroxyl groups excluding tert-OH is 10. The van der Waals surface area contributed by atoms with Crippen molar-refractivity contribution in [3.63, 3.8) is 0 Å². The molecule has 19 atom stereocenters. The van der Waals surface area contributed by atoms with E-state index >= 15 is 0 Å². The van der Waals surface area contributed by atoms with E-state index in [9.17, 15) is 74.9 Å². The highest BCUT2D eigenvalue weighted by atomic mass is 31.2. The van der Waals surface area contributed by atoms with Crippen molar-refractivity contribution in [2.75, 3.05) is 26.4 Å². The first-order chi connectivity index (χ1) is 47.7. The lowest BCUT2D eigenvalue weighted by Crippen LogP contribution is -2.69. The molecule has 2 saturated heterocycles. The van der Waals surface area contributed by atoms with E-state index in [4.69, 9.17) is 42.2 Å². The van der Waals surface area contributed by atoms with Gasteiger partial charge in [0, 0.05) is 19.3 Å². The molecular weight excluding hydrogens is 1300 g/mol. The Bertz CT molecular complexity index is 2060. The smallest absolute Gasteiger partial charge is 0.463 e. The predicted octanol–water partition coefficient (Wildman–Crippen LogP) is 11.2. The minimum absolute atomic E-state index is 0.0310. The summed E-state index contributed by atoms with van der Waals surface area (Å²) in [6, 6.07) is 0. The molecule has 0 radical (unpaired) electrons. The molecule has 3 fully saturated rings. The molecule has 0 amide bonds. The molecule has 1 aliphatic carbocycles. The van der Waals surface area contributed by atoms with Crippen LogP contribution in [0, 0.1) is 5.92 Å². The zero-order valence-corrected chi connectivity index (χ0v) is 62.1. The van der Waals surface area contributed by atoms with Crippen LogP contribution in [0.25, 0.3) is 0 Å². The molecule has 0 aromatic carbocycles. The Morgan fingerprint density at radius 3 is 1.09 bits per heavy atom. The first kappa shape index (κ1) is 91.2. The summed E-state index contributed by atoms with van der Waals surface area (Å²) in [5, 5.41) is 110. The van der Waals surface area contributed by atoms with Crippen molar-refractivity contribution in [1.29, 1.82) is 0 Å². The number of hydrogen-bond donors (Lipinski definition) is 11. The van der Waals surface area contributed by atoms with Gasteiger partial charge in [-0.15, -0.1) is 0 Å². The van der Waals surface area contributed by atoms with E-state index in [0.717, 1.165) is 96.3 Å². The Morgan fingerprint density at radius 2 is 0.707 bits per heavy atom. The Kier molecular flexibility index (Phi) is 51.0. The Morgan fingerprint density at radius 1 is 0.384 bits per heavy atom. The summed E-state index contributed by atoms with van der Waals surface area (Å²) < 4.78 is 65.1. The highest BCUT2D eigenvalue weighted by Crippen LogP contribution is 2.49. The van der Waals surface area contributed by atoms with Crippen molar-refractivity contribution < 1.29 is 117 Å². The molecule has 11 N–H and O–H groups in total. The van der Waals surface area contributed by atoms with Gasteiger partial charge in [-0.3, -0.25) is 23.4 Å². The van der Waals surface area contributed by atoms with E-state index in [0.29, 0.717) is 25.2 Å². The summed E-state index contributed by atoms with van der Waals surface area (Å²) in [5.41, 5.74) is 0. The molecule has 24 nitrogen and oxygen atoms in total. The Labute approximate surface area is 593 Å². The van der Waals surface area contributed by atoms with Crippen molar-refractivity contribution in [3.8, 4) is 0 Å². The van der Waals surface area contributed by atoms with E-state index in [1.54, 1.807) is 0 Å². The lowest BCUT2D eigenvalue weighted by atomic mass is 9.84. The monoisotopic (exact) mass is 1440 g/mol. The molecule has 1 saturated carbocycles. The third-order valence-electron chi connectivity index (χ3n) is 19.8. The highest BCUT2D eigenvalue weighted by molar-refractivity contribution is 7.47. The molecule has 584 valence electrons. The number of aliphatic hydroxyl groups is 10. The molecule has 2 aliphatic heterocycles. The molecule has 25 heteroatoms. The van der Waals surface area contributed by atoms with Gasteiger partial charge in [-0.25, -0.2) is 4.57 Å². The zero-order chi connectivity index (χ0) is 72.6. The normalized spacial score (nSPS) is 27.7. The molecule has 0 aromatic rings. The Hall–Kier alpha value is -2.04. The average molecular weight is 1440 g/mol. The number of esters is 3. The zero-order valence-electron chi connectivity index (χ0n) is 61.2. The van der Waals surface area contributed by atoms with Gasteiger partial charge in [0.05, 0.1) is 13.2 Å². The van der Waals surface area contributed by atoms with Gasteiger partial charge < -0.3 is 89.1 Å². The van der Waals surface area contributed by atoms with E-state index < -0.39 is 156 Å². The largest absolute Gasteiger partial charge is 0.472 e. The third kappa shape index (κ3) is 38.7. The maximum absolute atomic E-state index is 14.3. The number of phosphoric acid groups is 1. The lowest BCUT2D eigenvalue weighted by molar-refractivity contribution is -0.360. The van der Waals surface area contributed by atoms with Crippen LogP contribution < -0.4 is 0 Å². The molecule has 0 spiro atoms. The summed E-state index contributed by atoms with van der Waals surface area (Å²) in [7, 11) is -5.69. The number of ether oxygens (including phenoxy) is 7. The standard InChI is InChI=1S/C74H139O24P/c1-5-8-11-14-17-19-21-22-23-24-25-26-28-30-32-39-44-49-60(78)93-55(51-90-58(76)47-42-37-31-29-27-20-18-15-12-9-6-2)52-92-99(88,89)98-72-70(96-73-68(86)63(81)61(79)56(50-75)94-73)66(84)65(83)67(85)71(72)97-74-69(87)64(82)62(80)57(95-74)53-91-59(77)48-43-38-34-33-36-41-46-54(4)45-40-35-16-13-10-7-3/h54-57,61-75,79-87H,5-53H2,1-4H3,(H,88,89). The minimum atomic E-state index is -5.69. The number of unbranched alkanes of at least 4 members (excludes halogenated alkanes) is 36. The molecule has 0 aromatic heterocycles. The van der Waals surface area contributed by atoms with Gasteiger partial charge in [-0.05, 0) is 25.2 Å². The molecule has 3 aliphatic rings. The first-order valence-corrected chi connectivity index (χ1v) is 40.7. The summed E-state index contributed by atoms with van der Waals surface area (Å²) in [6.45, 7) is 5.79. The highest BCUT2D eigenvalue weighted by Gasteiger charge is 2.58. The van der Waals surface area contributed by atoms with Crippen LogP contribution in [0.5, 0.6) is 0 Å². The predicted molar refractivity (Wildman–Crippen MR) is 375 cm³/mol.